The Labute approximate surface area is 180 Å². The molecule has 1 aliphatic heterocycles. The zero-order valence-corrected chi connectivity index (χ0v) is 17.4. The lowest BCUT2D eigenvalue weighted by Crippen LogP contribution is -2.46. The van der Waals surface area contributed by atoms with Crippen LogP contribution in [0.25, 0.3) is 4.85 Å². The third-order valence-corrected chi connectivity index (χ3v) is 4.47. The highest BCUT2D eigenvalue weighted by Gasteiger charge is 2.31. The molecule has 2 atom stereocenters. The lowest BCUT2D eigenvalue weighted by atomic mass is 10.2. The van der Waals surface area contributed by atoms with E-state index in [2.05, 4.69) is 21.2 Å². The molecule has 2 unspecified atom stereocenters. The fraction of sp³-hybridized carbons (Fsp3) is 0.500. The van der Waals surface area contributed by atoms with Gasteiger partial charge in [-0.25, -0.2) is 9.64 Å². The molecule has 0 radical (unpaired) electrons. The Hall–Kier alpha value is -3.86. The van der Waals surface area contributed by atoms with E-state index in [1.807, 2.05) is 0 Å². The van der Waals surface area contributed by atoms with Crippen molar-refractivity contribution in [3.05, 3.63) is 29.7 Å². The van der Waals surface area contributed by atoms with E-state index < -0.39 is 24.4 Å². The number of nitrogens with one attached hydrogen (secondary N) is 1. The van der Waals surface area contributed by atoms with Gasteiger partial charge in [-0.15, -0.1) is 0 Å². The molecule has 1 aromatic rings. The number of rotatable bonds is 8. The summed E-state index contributed by atoms with van der Waals surface area (Å²) in [6.07, 6.45) is 0.807. The number of hydrogen-bond donors (Lipinski definition) is 1. The first-order valence-electron chi connectivity index (χ1n) is 9.73. The molecule has 2 amide bonds. The molecule has 11 nitrogen and oxygen atoms in total. The second-order valence-electron chi connectivity index (χ2n) is 6.80. The molecule has 1 N–H and O–H groups in total. The number of carbonyl (C=O) groups excluding carboxylic acids is 3. The van der Waals surface area contributed by atoms with Gasteiger partial charge in [0.05, 0.1) is 12.6 Å². The molecule has 1 saturated heterocycles. The third-order valence-electron chi connectivity index (χ3n) is 4.47. The maximum absolute atomic E-state index is 12.7. The summed E-state index contributed by atoms with van der Waals surface area (Å²) in [7, 11) is 0. The fourth-order valence-corrected chi connectivity index (χ4v) is 3.04. The van der Waals surface area contributed by atoms with Crippen LogP contribution in [-0.4, -0.2) is 71.3 Å². The van der Waals surface area contributed by atoms with Crippen molar-refractivity contribution in [2.45, 2.75) is 39.0 Å². The number of anilines is 1. The molecule has 31 heavy (non-hydrogen) atoms. The highest BCUT2D eigenvalue weighted by molar-refractivity contribution is 5.83. The Kier molecular flexibility index (Phi) is 8.58. The Morgan fingerprint density at radius 2 is 2.23 bits per heavy atom. The minimum Gasteiger partial charge on any atom is -0.426 e. The monoisotopic (exact) mass is 428 g/mol. The van der Waals surface area contributed by atoms with E-state index in [9.17, 15) is 19.6 Å². The number of nitriles is 1. The van der Waals surface area contributed by atoms with Gasteiger partial charge in [0.25, 0.3) is 0 Å². The Morgan fingerprint density at radius 3 is 2.84 bits per heavy atom. The number of pyridine rings is 1. The molecule has 1 aliphatic rings. The van der Waals surface area contributed by atoms with E-state index in [-0.39, 0.29) is 25.5 Å². The normalized spacial score (nSPS) is 15.9. The van der Waals surface area contributed by atoms with Crippen LogP contribution in [0.3, 0.4) is 0 Å². The summed E-state index contributed by atoms with van der Waals surface area (Å²) in [6.45, 7) is 10.0. The average molecular weight is 428 g/mol. The fourth-order valence-electron chi connectivity index (χ4n) is 3.04. The van der Waals surface area contributed by atoms with E-state index in [4.69, 9.17) is 16.0 Å². The van der Waals surface area contributed by atoms with Gasteiger partial charge in [-0.2, -0.15) is 5.26 Å². The van der Waals surface area contributed by atoms with Crippen molar-refractivity contribution in [3.63, 3.8) is 0 Å². The maximum Gasteiger partial charge on any atom is 0.413 e. The molecule has 11 heteroatoms. The number of nitrogens with zero attached hydrogens (tertiary/aromatic N) is 5. The molecule has 0 aliphatic carbocycles. The smallest absolute Gasteiger partial charge is 0.413 e. The van der Waals surface area contributed by atoms with Gasteiger partial charge >= 0.3 is 12.1 Å². The van der Waals surface area contributed by atoms with Crippen LogP contribution in [0.2, 0.25) is 0 Å². The largest absolute Gasteiger partial charge is 0.426 e. The van der Waals surface area contributed by atoms with Crippen molar-refractivity contribution >= 4 is 29.5 Å². The van der Waals surface area contributed by atoms with Crippen molar-refractivity contribution < 1.29 is 23.9 Å². The minimum absolute atomic E-state index is 0.0919. The predicted octanol–water partition coefficient (Wildman–Crippen LogP) is 1.91. The van der Waals surface area contributed by atoms with Crippen LogP contribution in [-0.2, 0) is 19.1 Å². The molecule has 2 heterocycles. The van der Waals surface area contributed by atoms with Crippen LogP contribution in [0.4, 0.5) is 16.3 Å². The molecular formula is C20H24N6O5. The van der Waals surface area contributed by atoms with Gasteiger partial charge in [-0.05, 0) is 18.9 Å². The number of amides is 2. The van der Waals surface area contributed by atoms with Crippen molar-refractivity contribution in [2.24, 2.45) is 0 Å². The summed E-state index contributed by atoms with van der Waals surface area (Å²) in [5.41, 5.74) is 0.401. The Morgan fingerprint density at radius 1 is 1.45 bits per heavy atom. The van der Waals surface area contributed by atoms with E-state index >= 15 is 0 Å². The molecule has 1 aromatic heterocycles. The Bertz CT molecular complexity index is 876. The van der Waals surface area contributed by atoms with Crippen LogP contribution < -0.4 is 5.32 Å². The summed E-state index contributed by atoms with van der Waals surface area (Å²) >= 11 is 0. The van der Waals surface area contributed by atoms with Crippen LogP contribution in [0.15, 0.2) is 18.3 Å². The molecule has 0 spiro atoms. The van der Waals surface area contributed by atoms with E-state index in [1.54, 1.807) is 12.1 Å². The lowest BCUT2D eigenvalue weighted by Gasteiger charge is -2.27. The van der Waals surface area contributed by atoms with E-state index in [1.165, 1.54) is 29.8 Å². The number of carbonyl (C=O) groups is 3. The Balaban J connectivity index is 2.00. The highest BCUT2D eigenvalue weighted by atomic mass is 16.7. The quantitative estimate of drug-likeness (QED) is 0.378. The SMILES string of the molecule is [C-]#[N+]c1ccc(NCCN(CC(=O)N2CCCC2C#N)C(=O)OC(C)OC(C)=O)nc1. The van der Waals surface area contributed by atoms with Crippen LogP contribution in [0.1, 0.15) is 26.7 Å². The summed E-state index contributed by atoms with van der Waals surface area (Å²) < 4.78 is 9.91. The standard InChI is InChI=1S/C20H24N6O5/c1-14(27)30-15(2)31-20(29)25(13-19(28)26-9-4-5-17(26)11-21)10-8-23-18-7-6-16(22-3)12-24-18/h6-7,12,15,17H,4-5,8-10,13H2,1-2H3,(H,23,24). The molecule has 0 bridgehead atoms. The molecular weight excluding hydrogens is 404 g/mol. The second-order valence-corrected chi connectivity index (χ2v) is 6.80. The van der Waals surface area contributed by atoms with Gasteiger partial charge in [0, 0.05) is 39.7 Å². The third kappa shape index (κ3) is 7.16. The predicted molar refractivity (Wildman–Crippen MR) is 109 cm³/mol. The average Bonchev–Trinajstić information content (AvgIpc) is 3.21. The van der Waals surface area contributed by atoms with Crippen molar-refractivity contribution in [1.29, 1.82) is 5.26 Å². The summed E-state index contributed by atoms with van der Waals surface area (Å²) in [5, 5.41) is 12.2. The van der Waals surface area contributed by atoms with Gasteiger partial charge in [-0.3, -0.25) is 19.5 Å². The first kappa shape index (κ1) is 23.4. The molecule has 0 saturated carbocycles. The molecule has 0 aromatic carbocycles. The summed E-state index contributed by atoms with van der Waals surface area (Å²) in [6, 6.07) is 4.83. The van der Waals surface area contributed by atoms with Gasteiger partial charge in [0.2, 0.25) is 17.9 Å². The zero-order chi connectivity index (χ0) is 22.8. The zero-order valence-electron chi connectivity index (χ0n) is 17.4. The summed E-state index contributed by atoms with van der Waals surface area (Å²) in [5.74, 6) is -0.461. The lowest BCUT2D eigenvalue weighted by molar-refractivity contribution is -0.163. The van der Waals surface area contributed by atoms with Crippen LogP contribution in [0, 0.1) is 17.9 Å². The van der Waals surface area contributed by atoms with Crippen molar-refractivity contribution in [3.8, 4) is 6.07 Å². The molecule has 2 rings (SSSR count). The van der Waals surface area contributed by atoms with E-state index in [0.29, 0.717) is 24.5 Å². The summed E-state index contributed by atoms with van der Waals surface area (Å²) in [4.78, 5) is 46.3. The van der Waals surface area contributed by atoms with Gasteiger partial charge < -0.3 is 19.7 Å². The van der Waals surface area contributed by atoms with Gasteiger partial charge in [-0.1, -0.05) is 6.07 Å². The number of hydrogen-bond acceptors (Lipinski definition) is 8. The molecule has 164 valence electrons. The number of aromatic nitrogens is 1. The first-order valence-corrected chi connectivity index (χ1v) is 9.73. The van der Waals surface area contributed by atoms with Crippen LogP contribution in [0.5, 0.6) is 0 Å². The maximum atomic E-state index is 12.7. The number of esters is 1. The topological polar surface area (TPSA) is 129 Å². The number of ether oxygens (including phenoxy) is 2. The highest BCUT2D eigenvalue weighted by Crippen LogP contribution is 2.17. The van der Waals surface area contributed by atoms with Crippen LogP contribution >= 0.6 is 0 Å². The first-order chi connectivity index (χ1) is 14.8. The minimum atomic E-state index is -1.11. The molecule has 1 fully saturated rings. The van der Waals surface area contributed by atoms with Gasteiger partial charge in [0.15, 0.2) is 0 Å². The second kappa shape index (κ2) is 11.4. The van der Waals surface area contributed by atoms with Crippen molar-refractivity contribution in [1.82, 2.24) is 14.8 Å². The van der Waals surface area contributed by atoms with Crippen molar-refractivity contribution in [2.75, 3.05) is 31.5 Å². The number of likely N-dealkylation sites (tertiary alicyclic amines) is 1. The van der Waals surface area contributed by atoms with Gasteiger partial charge in [0.1, 0.15) is 18.4 Å². The van der Waals surface area contributed by atoms with E-state index in [0.717, 1.165) is 6.42 Å².